The molecule has 2 aromatic heterocycles. The highest BCUT2D eigenvalue weighted by molar-refractivity contribution is 6.20. The van der Waals surface area contributed by atoms with E-state index in [0.717, 1.165) is 42.2 Å². The molecule has 0 spiro atoms. The predicted molar refractivity (Wildman–Crippen MR) is 79.7 cm³/mol. The highest BCUT2D eigenvalue weighted by atomic mass is 35.5. The smallest absolute Gasteiger partial charge is 0.158 e. The van der Waals surface area contributed by atoms with E-state index >= 15 is 0 Å². The Morgan fingerprint density at radius 2 is 1.95 bits per heavy atom. The number of aromatic nitrogens is 4. The normalized spacial score (nSPS) is 13.6. The van der Waals surface area contributed by atoms with Gasteiger partial charge in [0.1, 0.15) is 11.3 Å². The summed E-state index contributed by atoms with van der Waals surface area (Å²) in [4.78, 5) is 4.71. The zero-order valence-corrected chi connectivity index (χ0v) is 13.2. The first-order valence-electron chi connectivity index (χ1n) is 7.03. The van der Waals surface area contributed by atoms with E-state index in [2.05, 4.69) is 30.4 Å². The number of alkyl halides is 1. The van der Waals surface area contributed by atoms with E-state index in [-0.39, 0.29) is 5.38 Å². The van der Waals surface area contributed by atoms with Gasteiger partial charge in [0.15, 0.2) is 5.65 Å². The fourth-order valence-corrected chi connectivity index (χ4v) is 2.54. The van der Waals surface area contributed by atoms with Crippen molar-refractivity contribution >= 4 is 22.8 Å². The fraction of sp³-hybridized carbons (Fsp3) is 0.714. The van der Waals surface area contributed by atoms with Crippen LogP contribution in [0.25, 0.3) is 11.2 Å². The maximum absolute atomic E-state index is 6.29. The molecule has 0 saturated heterocycles. The third kappa shape index (κ3) is 2.64. The first-order chi connectivity index (χ1) is 8.95. The number of hydrogen-bond donors (Lipinski definition) is 0. The lowest BCUT2D eigenvalue weighted by molar-refractivity contribution is 0.503. The Morgan fingerprint density at radius 1 is 1.26 bits per heavy atom. The molecule has 0 fully saturated rings. The maximum Gasteiger partial charge on any atom is 0.158 e. The summed E-state index contributed by atoms with van der Waals surface area (Å²) in [5.41, 5.74) is 3.09. The molecular weight excluding hydrogens is 260 g/mol. The number of aryl methyl sites for hydroxylation is 3. The summed E-state index contributed by atoms with van der Waals surface area (Å²) in [5.74, 6) is 1.62. The zero-order chi connectivity index (χ0) is 14.2. The Balaban J connectivity index is 2.57. The summed E-state index contributed by atoms with van der Waals surface area (Å²) in [6.07, 6.45) is 1.12. The molecule has 2 rings (SSSR count). The molecule has 0 radical (unpaired) electrons. The lowest BCUT2D eigenvalue weighted by atomic mass is 10.1. The van der Waals surface area contributed by atoms with Crippen LogP contribution in [-0.2, 0) is 13.1 Å². The molecule has 1 unspecified atom stereocenters. The van der Waals surface area contributed by atoms with Crippen LogP contribution >= 0.6 is 11.6 Å². The van der Waals surface area contributed by atoms with E-state index in [4.69, 9.17) is 16.6 Å². The molecule has 0 bridgehead atoms. The van der Waals surface area contributed by atoms with Crippen LogP contribution in [0.4, 0.5) is 0 Å². The number of rotatable bonds is 5. The van der Waals surface area contributed by atoms with Crippen molar-refractivity contribution in [2.24, 2.45) is 5.92 Å². The molecule has 106 valence electrons. The maximum atomic E-state index is 6.29. The largest absolute Gasteiger partial charge is 0.312 e. The average Bonchev–Trinajstić information content (AvgIpc) is 2.85. The second-order valence-corrected chi connectivity index (χ2v) is 6.15. The van der Waals surface area contributed by atoms with Crippen LogP contribution in [0.5, 0.6) is 0 Å². The molecule has 0 saturated carbocycles. The minimum absolute atomic E-state index is 0.0794. The van der Waals surface area contributed by atoms with Gasteiger partial charge < -0.3 is 4.57 Å². The van der Waals surface area contributed by atoms with E-state index in [0.29, 0.717) is 5.92 Å². The van der Waals surface area contributed by atoms with Crippen molar-refractivity contribution in [2.75, 3.05) is 0 Å². The molecule has 2 aromatic rings. The predicted octanol–water partition coefficient (Wildman–Crippen LogP) is 3.91. The van der Waals surface area contributed by atoms with E-state index < -0.39 is 0 Å². The van der Waals surface area contributed by atoms with Crippen molar-refractivity contribution in [3.8, 4) is 0 Å². The van der Waals surface area contributed by atoms with Gasteiger partial charge >= 0.3 is 0 Å². The van der Waals surface area contributed by atoms with E-state index in [1.807, 2.05) is 18.5 Å². The number of fused-ring (bicyclic) bond motifs is 1. The molecule has 0 amide bonds. The molecule has 19 heavy (non-hydrogen) atoms. The van der Waals surface area contributed by atoms with E-state index in [9.17, 15) is 0 Å². The zero-order valence-electron chi connectivity index (χ0n) is 12.4. The first kappa shape index (κ1) is 14.4. The van der Waals surface area contributed by atoms with Gasteiger partial charge in [-0.3, -0.25) is 0 Å². The van der Waals surface area contributed by atoms with Crippen molar-refractivity contribution in [2.45, 2.75) is 59.5 Å². The van der Waals surface area contributed by atoms with Gasteiger partial charge in [0.25, 0.3) is 0 Å². The molecule has 0 N–H and O–H groups in total. The molecule has 0 aliphatic heterocycles. The van der Waals surface area contributed by atoms with Crippen LogP contribution in [-0.4, -0.2) is 19.3 Å². The van der Waals surface area contributed by atoms with Crippen molar-refractivity contribution in [1.82, 2.24) is 19.3 Å². The minimum Gasteiger partial charge on any atom is -0.312 e. The van der Waals surface area contributed by atoms with Crippen LogP contribution in [0.3, 0.4) is 0 Å². The molecule has 1 atom stereocenters. The summed E-state index contributed by atoms with van der Waals surface area (Å²) >= 11 is 6.29. The number of hydrogen-bond acceptors (Lipinski definition) is 2. The second-order valence-electron chi connectivity index (χ2n) is 5.49. The minimum atomic E-state index is -0.0794. The van der Waals surface area contributed by atoms with Crippen molar-refractivity contribution in [1.29, 1.82) is 0 Å². The Hall–Kier alpha value is -1.03. The van der Waals surface area contributed by atoms with Gasteiger partial charge in [-0.15, -0.1) is 11.6 Å². The van der Waals surface area contributed by atoms with E-state index in [1.165, 1.54) is 0 Å². The molecule has 4 nitrogen and oxygen atoms in total. The summed E-state index contributed by atoms with van der Waals surface area (Å²) in [5, 5.41) is 4.47. The Kier molecular flexibility index (Phi) is 4.19. The van der Waals surface area contributed by atoms with Crippen molar-refractivity contribution in [3.63, 3.8) is 0 Å². The van der Waals surface area contributed by atoms with Gasteiger partial charge in [-0.05, 0) is 33.1 Å². The summed E-state index contributed by atoms with van der Waals surface area (Å²) in [6.45, 7) is 12.4. The summed E-state index contributed by atoms with van der Waals surface area (Å²) in [7, 11) is 0. The quantitative estimate of drug-likeness (QED) is 0.780. The highest BCUT2D eigenvalue weighted by Gasteiger charge is 2.20. The van der Waals surface area contributed by atoms with Crippen molar-refractivity contribution < 1.29 is 0 Å². The molecule has 0 aliphatic rings. The lowest BCUT2D eigenvalue weighted by Gasteiger charge is -2.13. The van der Waals surface area contributed by atoms with Crippen LogP contribution in [0, 0.1) is 12.8 Å². The van der Waals surface area contributed by atoms with Gasteiger partial charge in [-0.2, -0.15) is 5.10 Å². The Bertz CT molecular complexity index is 566. The standard InChI is InChI=1S/C14H23ClN4/c1-6-19-14-12(11(5)17-19)16-13(10(4)15)18(14)8-7-9(2)3/h9-10H,6-8H2,1-5H3. The molecule has 0 aromatic carbocycles. The molecule has 2 heterocycles. The fourth-order valence-electron chi connectivity index (χ4n) is 2.37. The monoisotopic (exact) mass is 282 g/mol. The van der Waals surface area contributed by atoms with Gasteiger partial charge in [-0.25, -0.2) is 9.67 Å². The topological polar surface area (TPSA) is 35.6 Å². The third-order valence-electron chi connectivity index (χ3n) is 3.41. The lowest BCUT2D eigenvalue weighted by Crippen LogP contribution is -2.10. The van der Waals surface area contributed by atoms with Crippen LogP contribution in [0.2, 0.25) is 0 Å². The highest BCUT2D eigenvalue weighted by Crippen LogP contribution is 2.27. The summed E-state index contributed by atoms with van der Waals surface area (Å²) < 4.78 is 4.28. The summed E-state index contributed by atoms with van der Waals surface area (Å²) in [6, 6.07) is 0. The molecular formula is C14H23ClN4. The first-order valence-corrected chi connectivity index (χ1v) is 7.46. The van der Waals surface area contributed by atoms with Crippen LogP contribution in [0.15, 0.2) is 0 Å². The van der Waals surface area contributed by atoms with Gasteiger partial charge in [0.05, 0.1) is 11.1 Å². The van der Waals surface area contributed by atoms with E-state index in [1.54, 1.807) is 0 Å². The number of halogens is 1. The van der Waals surface area contributed by atoms with Gasteiger partial charge in [-0.1, -0.05) is 13.8 Å². The number of nitrogens with zero attached hydrogens (tertiary/aromatic N) is 4. The molecule has 5 heteroatoms. The Morgan fingerprint density at radius 3 is 2.47 bits per heavy atom. The SMILES string of the molecule is CCn1nc(C)c2nc(C(C)Cl)n(CCC(C)C)c21. The van der Waals surface area contributed by atoms with Gasteiger partial charge in [0, 0.05) is 13.1 Å². The average molecular weight is 283 g/mol. The molecule has 0 aliphatic carbocycles. The second kappa shape index (κ2) is 5.53. The van der Waals surface area contributed by atoms with Crippen LogP contribution < -0.4 is 0 Å². The third-order valence-corrected chi connectivity index (χ3v) is 3.61. The van der Waals surface area contributed by atoms with Crippen LogP contribution in [0.1, 0.15) is 51.0 Å². The Labute approximate surface area is 119 Å². The van der Waals surface area contributed by atoms with Gasteiger partial charge in [0.2, 0.25) is 0 Å². The number of imidazole rings is 1. The van der Waals surface area contributed by atoms with Crippen molar-refractivity contribution in [3.05, 3.63) is 11.5 Å².